The Labute approximate surface area is 111 Å². The van der Waals surface area contributed by atoms with E-state index in [1.54, 1.807) is 12.1 Å². The topological polar surface area (TPSA) is 66.2 Å². The molecule has 0 aromatic carbocycles. The Morgan fingerprint density at radius 1 is 1.47 bits per heavy atom. The smallest absolute Gasteiger partial charge is 0.272 e. The Morgan fingerprint density at radius 2 is 2.37 bits per heavy atom. The number of carbonyl (C=O) groups is 1. The second kappa shape index (κ2) is 4.98. The van der Waals surface area contributed by atoms with E-state index in [4.69, 9.17) is 10.00 Å². The van der Waals surface area contributed by atoms with E-state index in [2.05, 4.69) is 4.98 Å². The lowest BCUT2D eigenvalue weighted by atomic mass is 10.1. The molecule has 98 valence electrons. The third-order valence-corrected chi connectivity index (χ3v) is 3.85. The fourth-order valence-corrected chi connectivity index (χ4v) is 2.91. The van der Waals surface area contributed by atoms with Gasteiger partial charge in [0, 0.05) is 12.7 Å². The van der Waals surface area contributed by atoms with Gasteiger partial charge in [0.15, 0.2) is 0 Å². The first-order valence-corrected chi connectivity index (χ1v) is 6.58. The van der Waals surface area contributed by atoms with E-state index in [-0.39, 0.29) is 18.1 Å². The lowest BCUT2D eigenvalue weighted by molar-refractivity contribution is -0.0447. The Bertz CT molecular complexity index is 520. The highest BCUT2D eigenvalue weighted by Gasteiger charge is 2.38. The molecule has 0 bridgehead atoms. The number of nitrogens with zero attached hydrogens (tertiary/aromatic N) is 3. The van der Waals surface area contributed by atoms with Crippen LogP contribution in [0.25, 0.3) is 0 Å². The average Bonchev–Trinajstić information content (AvgIpc) is 2.95. The van der Waals surface area contributed by atoms with E-state index in [1.807, 2.05) is 11.0 Å². The number of rotatable bonds is 1. The predicted octanol–water partition coefficient (Wildman–Crippen LogP) is 1.35. The van der Waals surface area contributed by atoms with Crippen LogP contribution in [0.1, 0.15) is 35.3 Å². The molecule has 1 amide bonds. The third kappa shape index (κ3) is 2.20. The Morgan fingerprint density at radius 3 is 3.11 bits per heavy atom. The molecule has 1 aliphatic heterocycles. The number of nitriles is 1. The highest BCUT2D eigenvalue weighted by Crippen LogP contribution is 2.30. The molecule has 2 aliphatic rings. The van der Waals surface area contributed by atoms with Gasteiger partial charge in [0.05, 0.1) is 24.3 Å². The molecule has 5 heteroatoms. The highest BCUT2D eigenvalue weighted by atomic mass is 16.5. The first-order chi connectivity index (χ1) is 9.29. The van der Waals surface area contributed by atoms with Gasteiger partial charge >= 0.3 is 0 Å². The van der Waals surface area contributed by atoms with Crippen LogP contribution in [0.4, 0.5) is 0 Å². The molecule has 1 aromatic heterocycles. The van der Waals surface area contributed by atoms with Crippen LogP contribution < -0.4 is 0 Å². The number of hydrogen-bond acceptors (Lipinski definition) is 4. The fraction of sp³-hybridized carbons (Fsp3) is 0.500. The molecule has 0 radical (unpaired) electrons. The van der Waals surface area contributed by atoms with Crippen molar-refractivity contribution in [3.05, 3.63) is 29.6 Å². The molecular formula is C14H15N3O2. The zero-order chi connectivity index (χ0) is 13.2. The van der Waals surface area contributed by atoms with Crippen molar-refractivity contribution < 1.29 is 9.53 Å². The number of fused-ring (bicyclic) bond motifs is 1. The fourth-order valence-electron chi connectivity index (χ4n) is 2.91. The van der Waals surface area contributed by atoms with Crippen molar-refractivity contribution in [2.24, 2.45) is 0 Å². The van der Waals surface area contributed by atoms with Crippen molar-refractivity contribution in [2.75, 3.05) is 13.2 Å². The lowest BCUT2D eigenvalue weighted by Gasteiger charge is -2.37. The number of morpholine rings is 1. The van der Waals surface area contributed by atoms with E-state index in [0.29, 0.717) is 24.4 Å². The molecule has 19 heavy (non-hydrogen) atoms. The Balaban J connectivity index is 1.80. The van der Waals surface area contributed by atoms with E-state index in [1.165, 1.54) is 6.20 Å². The van der Waals surface area contributed by atoms with Crippen molar-refractivity contribution >= 4 is 5.91 Å². The molecule has 0 spiro atoms. The highest BCUT2D eigenvalue weighted by molar-refractivity contribution is 5.92. The molecule has 2 fully saturated rings. The standard InChI is InChI=1S/C14H15N3O2/c15-8-10-4-5-11(16-9-10)14(18)17-6-7-19-13-3-1-2-12(13)17/h4-5,9,12-13H,1-3,6-7H2. The van der Waals surface area contributed by atoms with Crippen LogP contribution in [0.3, 0.4) is 0 Å². The Hall–Kier alpha value is -1.93. The minimum Gasteiger partial charge on any atom is -0.374 e. The van der Waals surface area contributed by atoms with Crippen LogP contribution in [-0.2, 0) is 4.74 Å². The average molecular weight is 257 g/mol. The summed E-state index contributed by atoms with van der Waals surface area (Å²) in [5.41, 5.74) is 0.879. The summed E-state index contributed by atoms with van der Waals surface area (Å²) < 4.78 is 5.70. The summed E-state index contributed by atoms with van der Waals surface area (Å²) in [6.45, 7) is 1.23. The molecule has 5 nitrogen and oxygen atoms in total. The second-order valence-electron chi connectivity index (χ2n) is 4.95. The second-order valence-corrected chi connectivity index (χ2v) is 4.95. The van der Waals surface area contributed by atoms with E-state index >= 15 is 0 Å². The van der Waals surface area contributed by atoms with Gasteiger partial charge in [-0.1, -0.05) is 0 Å². The number of hydrogen-bond donors (Lipinski definition) is 0. The van der Waals surface area contributed by atoms with Gasteiger partial charge in [-0.05, 0) is 31.4 Å². The quantitative estimate of drug-likeness (QED) is 0.761. The molecule has 1 saturated heterocycles. The van der Waals surface area contributed by atoms with Crippen molar-refractivity contribution in [3.63, 3.8) is 0 Å². The summed E-state index contributed by atoms with van der Waals surface area (Å²) in [4.78, 5) is 18.4. The van der Waals surface area contributed by atoms with E-state index in [9.17, 15) is 4.79 Å². The maximum atomic E-state index is 12.5. The lowest BCUT2D eigenvalue weighted by Crippen LogP contribution is -2.51. The monoisotopic (exact) mass is 257 g/mol. The predicted molar refractivity (Wildman–Crippen MR) is 67.4 cm³/mol. The van der Waals surface area contributed by atoms with Crippen LogP contribution in [0.2, 0.25) is 0 Å². The SMILES string of the molecule is N#Cc1ccc(C(=O)N2CCOC3CCCC32)nc1. The van der Waals surface area contributed by atoms with Gasteiger partial charge in [-0.2, -0.15) is 5.26 Å². The normalized spacial score (nSPS) is 25.7. The molecule has 0 N–H and O–H groups in total. The molecule has 3 rings (SSSR count). The first-order valence-electron chi connectivity index (χ1n) is 6.58. The molecule has 1 aromatic rings. The summed E-state index contributed by atoms with van der Waals surface area (Å²) in [6.07, 6.45) is 4.79. The molecular weight excluding hydrogens is 242 g/mol. The van der Waals surface area contributed by atoms with E-state index in [0.717, 1.165) is 19.3 Å². The van der Waals surface area contributed by atoms with Gasteiger partial charge in [0.1, 0.15) is 11.8 Å². The number of amides is 1. The number of pyridine rings is 1. The minimum atomic E-state index is -0.0512. The largest absolute Gasteiger partial charge is 0.374 e. The summed E-state index contributed by atoms with van der Waals surface area (Å²) >= 11 is 0. The zero-order valence-corrected chi connectivity index (χ0v) is 10.6. The molecule has 1 saturated carbocycles. The van der Waals surface area contributed by atoms with Crippen molar-refractivity contribution in [1.82, 2.24) is 9.88 Å². The van der Waals surface area contributed by atoms with Crippen LogP contribution >= 0.6 is 0 Å². The van der Waals surface area contributed by atoms with Gasteiger partial charge in [-0.25, -0.2) is 4.98 Å². The molecule has 1 aliphatic carbocycles. The van der Waals surface area contributed by atoms with Crippen molar-refractivity contribution in [3.8, 4) is 6.07 Å². The maximum absolute atomic E-state index is 12.5. The molecule has 2 unspecified atom stereocenters. The molecule has 2 heterocycles. The van der Waals surface area contributed by atoms with Crippen LogP contribution in [0, 0.1) is 11.3 Å². The first kappa shape index (κ1) is 12.1. The minimum absolute atomic E-state index is 0.0512. The maximum Gasteiger partial charge on any atom is 0.272 e. The summed E-state index contributed by atoms with van der Waals surface area (Å²) in [6, 6.07) is 5.45. The van der Waals surface area contributed by atoms with Gasteiger partial charge in [-0.3, -0.25) is 4.79 Å². The summed E-state index contributed by atoms with van der Waals surface area (Å²) in [5, 5.41) is 8.74. The number of ether oxygens (including phenoxy) is 1. The van der Waals surface area contributed by atoms with Crippen LogP contribution in [0.15, 0.2) is 18.3 Å². The van der Waals surface area contributed by atoms with Gasteiger partial charge in [0.2, 0.25) is 0 Å². The zero-order valence-electron chi connectivity index (χ0n) is 10.6. The van der Waals surface area contributed by atoms with Gasteiger partial charge in [0.25, 0.3) is 5.91 Å². The summed E-state index contributed by atoms with van der Waals surface area (Å²) in [5.74, 6) is -0.0512. The van der Waals surface area contributed by atoms with E-state index < -0.39 is 0 Å². The number of carbonyl (C=O) groups excluding carboxylic acids is 1. The third-order valence-electron chi connectivity index (χ3n) is 3.85. The van der Waals surface area contributed by atoms with Crippen LogP contribution in [-0.4, -0.2) is 41.1 Å². The van der Waals surface area contributed by atoms with Gasteiger partial charge < -0.3 is 9.64 Å². The number of aromatic nitrogens is 1. The molecule has 2 atom stereocenters. The van der Waals surface area contributed by atoms with Crippen LogP contribution in [0.5, 0.6) is 0 Å². The van der Waals surface area contributed by atoms with Crippen molar-refractivity contribution in [1.29, 1.82) is 5.26 Å². The summed E-state index contributed by atoms with van der Waals surface area (Å²) in [7, 11) is 0. The Kier molecular flexibility index (Phi) is 3.18. The van der Waals surface area contributed by atoms with Gasteiger partial charge in [-0.15, -0.1) is 0 Å². The van der Waals surface area contributed by atoms with Crippen molar-refractivity contribution in [2.45, 2.75) is 31.4 Å².